The SMILES string of the molecule is CCc1c(F)ccc2cc(O)cc(N3Cc4nc(OC[C@@]56CCCN5C[C@H](F)C6)nc(N5CC6CCC(C5)O6)c4C3=O)c12. The van der Waals surface area contributed by atoms with Crippen molar-refractivity contribution in [1.82, 2.24) is 14.9 Å². The Morgan fingerprint density at radius 3 is 2.77 bits per heavy atom. The summed E-state index contributed by atoms with van der Waals surface area (Å²) in [5.41, 5.74) is 1.48. The lowest BCUT2D eigenvalue weighted by Crippen LogP contribution is -2.44. The van der Waals surface area contributed by atoms with Crippen LogP contribution in [-0.2, 0) is 17.7 Å². The van der Waals surface area contributed by atoms with E-state index in [0.29, 0.717) is 71.6 Å². The monoisotopic (exact) mass is 591 g/mol. The molecule has 0 radical (unpaired) electrons. The zero-order valence-electron chi connectivity index (χ0n) is 24.2. The zero-order valence-corrected chi connectivity index (χ0v) is 24.2. The summed E-state index contributed by atoms with van der Waals surface area (Å²) in [5, 5.41) is 11.9. The molecule has 3 aromatic rings. The molecule has 5 aliphatic rings. The largest absolute Gasteiger partial charge is 0.508 e. The number of halogens is 2. The Labute approximate surface area is 248 Å². The highest BCUT2D eigenvalue weighted by Gasteiger charge is 2.49. The number of carbonyl (C=O) groups is 1. The molecule has 0 saturated carbocycles. The first-order chi connectivity index (χ1) is 20.8. The maximum Gasteiger partial charge on any atom is 0.318 e. The van der Waals surface area contributed by atoms with Crippen LogP contribution in [0.25, 0.3) is 10.8 Å². The fourth-order valence-electron chi connectivity index (χ4n) is 8.12. The molecule has 4 saturated heterocycles. The lowest BCUT2D eigenvalue weighted by molar-refractivity contribution is 0.0300. The van der Waals surface area contributed by atoms with Crippen LogP contribution in [0.5, 0.6) is 11.8 Å². The number of aryl methyl sites for hydroxylation is 1. The molecule has 8 rings (SSSR count). The number of hydrogen-bond donors (Lipinski definition) is 1. The molecule has 0 spiro atoms. The van der Waals surface area contributed by atoms with Crippen molar-refractivity contribution >= 4 is 28.2 Å². The third-order valence-corrected chi connectivity index (χ3v) is 10.1. The average Bonchev–Trinajstić information content (AvgIpc) is 3.72. The highest BCUT2D eigenvalue weighted by atomic mass is 19.1. The molecule has 4 atom stereocenters. The number of carbonyl (C=O) groups excluding carboxylic acids is 1. The van der Waals surface area contributed by atoms with Crippen LogP contribution in [0.1, 0.15) is 60.6 Å². The summed E-state index contributed by atoms with van der Waals surface area (Å²) < 4.78 is 41.7. The van der Waals surface area contributed by atoms with Crippen molar-refractivity contribution in [3.63, 3.8) is 0 Å². The number of fused-ring (bicyclic) bond motifs is 5. The fraction of sp³-hybridized carbons (Fsp3) is 0.531. The number of nitrogens with zero attached hydrogens (tertiary/aromatic N) is 5. The van der Waals surface area contributed by atoms with Crippen LogP contribution >= 0.6 is 0 Å². The third-order valence-electron chi connectivity index (χ3n) is 10.1. The Hall–Kier alpha value is -3.57. The van der Waals surface area contributed by atoms with Gasteiger partial charge in [-0.1, -0.05) is 13.0 Å². The van der Waals surface area contributed by atoms with Crippen molar-refractivity contribution in [3.05, 3.63) is 46.9 Å². The molecular formula is C32H35F2N5O4. The number of anilines is 2. The van der Waals surface area contributed by atoms with Crippen LogP contribution in [0.3, 0.4) is 0 Å². The quantitative estimate of drug-likeness (QED) is 0.448. The summed E-state index contributed by atoms with van der Waals surface area (Å²) in [6, 6.07) is 6.30. The minimum absolute atomic E-state index is 0.0110. The molecular weight excluding hydrogens is 556 g/mol. The molecule has 5 aliphatic heterocycles. The van der Waals surface area contributed by atoms with E-state index >= 15 is 0 Å². The van der Waals surface area contributed by atoms with Crippen LogP contribution < -0.4 is 14.5 Å². The standard InChI is InChI=1S/C32H35F2N5O4/c1-2-23-24(34)7-4-18-10-20(40)11-26(27(18)23)39-16-25-28(30(39)41)29(37-14-21-5-6-22(15-37)43-21)36-31(35-25)42-17-32-8-3-9-38(32)13-19(33)12-32/h4,7,10-11,19,21-22,40H,2-3,5-6,8-9,12-17H2,1H3/t19-,21?,22?,32+/m1/s1. The second-order valence-electron chi connectivity index (χ2n) is 12.7. The summed E-state index contributed by atoms with van der Waals surface area (Å²) in [6.45, 7) is 4.78. The molecule has 0 aliphatic carbocycles. The molecule has 1 amide bonds. The summed E-state index contributed by atoms with van der Waals surface area (Å²) in [4.78, 5) is 29.7. The molecule has 11 heteroatoms. The van der Waals surface area contributed by atoms with Crippen molar-refractivity contribution in [2.75, 3.05) is 42.6 Å². The van der Waals surface area contributed by atoms with E-state index in [1.807, 2.05) is 6.92 Å². The van der Waals surface area contributed by atoms with Crippen LogP contribution in [0.4, 0.5) is 20.3 Å². The van der Waals surface area contributed by atoms with Gasteiger partial charge < -0.3 is 24.4 Å². The third kappa shape index (κ3) is 4.34. The molecule has 4 fully saturated rings. The number of amides is 1. The molecule has 226 valence electrons. The molecule has 9 nitrogen and oxygen atoms in total. The lowest BCUT2D eigenvalue weighted by Gasteiger charge is -2.34. The van der Waals surface area contributed by atoms with Gasteiger partial charge in [-0.2, -0.15) is 9.97 Å². The van der Waals surface area contributed by atoms with E-state index in [1.165, 1.54) is 12.1 Å². The lowest BCUT2D eigenvalue weighted by atomic mass is 9.95. The average molecular weight is 592 g/mol. The molecule has 2 unspecified atom stereocenters. The van der Waals surface area contributed by atoms with Crippen molar-refractivity contribution < 1.29 is 28.2 Å². The first-order valence-corrected chi connectivity index (χ1v) is 15.4. The van der Waals surface area contributed by atoms with Crippen molar-refractivity contribution in [1.29, 1.82) is 0 Å². The van der Waals surface area contributed by atoms with E-state index in [4.69, 9.17) is 19.4 Å². The Morgan fingerprint density at radius 2 is 1.98 bits per heavy atom. The highest BCUT2D eigenvalue weighted by molar-refractivity contribution is 6.16. The minimum atomic E-state index is -0.870. The van der Waals surface area contributed by atoms with Crippen molar-refractivity contribution in [2.45, 2.75) is 75.9 Å². The number of morpholine rings is 1. The van der Waals surface area contributed by atoms with Gasteiger partial charge in [-0.3, -0.25) is 9.69 Å². The number of alkyl halides is 1. The molecule has 43 heavy (non-hydrogen) atoms. The molecule has 2 aromatic carbocycles. The Morgan fingerprint density at radius 1 is 1.16 bits per heavy atom. The van der Waals surface area contributed by atoms with Gasteiger partial charge in [0, 0.05) is 37.5 Å². The second-order valence-corrected chi connectivity index (χ2v) is 12.7. The smallest absolute Gasteiger partial charge is 0.318 e. The van der Waals surface area contributed by atoms with Gasteiger partial charge >= 0.3 is 6.01 Å². The van der Waals surface area contributed by atoms with Gasteiger partial charge in [0.15, 0.2) is 0 Å². The van der Waals surface area contributed by atoms with E-state index in [-0.39, 0.29) is 54.4 Å². The predicted molar refractivity (Wildman–Crippen MR) is 156 cm³/mol. The summed E-state index contributed by atoms with van der Waals surface area (Å²) in [6.07, 6.45) is 3.91. The number of hydrogen-bond acceptors (Lipinski definition) is 8. The summed E-state index contributed by atoms with van der Waals surface area (Å²) in [7, 11) is 0. The van der Waals surface area contributed by atoms with E-state index in [2.05, 4.69) is 9.80 Å². The number of phenols is 1. The van der Waals surface area contributed by atoms with Crippen molar-refractivity contribution in [2.24, 2.45) is 0 Å². The maximum absolute atomic E-state index is 15.0. The Kier molecular flexibility index (Phi) is 6.27. The summed E-state index contributed by atoms with van der Waals surface area (Å²) in [5.74, 6) is -0.156. The van der Waals surface area contributed by atoms with E-state index in [0.717, 1.165) is 32.2 Å². The van der Waals surface area contributed by atoms with Gasteiger partial charge in [-0.25, -0.2) is 8.78 Å². The van der Waals surface area contributed by atoms with Crippen LogP contribution in [0, 0.1) is 5.82 Å². The first kappa shape index (κ1) is 27.0. The maximum atomic E-state index is 15.0. The normalized spacial score (nSPS) is 28.3. The van der Waals surface area contributed by atoms with Gasteiger partial charge in [-0.05, 0) is 61.7 Å². The van der Waals surface area contributed by atoms with E-state index < -0.39 is 6.17 Å². The number of aromatic hydroxyl groups is 1. The second kappa shape index (κ2) is 9.99. The summed E-state index contributed by atoms with van der Waals surface area (Å²) >= 11 is 0. The van der Waals surface area contributed by atoms with Gasteiger partial charge in [0.25, 0.3) is 5.91 Å². The fourth-order valence-corrected chi connectivity index (χ4v) is 8.12. The van der Waals surface area contributed by atoms with Gasteiger partial charge in [0.1, 0.15) is 35.7 Å². The van der Waals surface area contributed by atoms with Crippen LogP contribution in [-0.4, -0.2) is 82.6 Å². The Bertz CT molecular complexity index is 1630. The van der Waals surface area contributed by atoms with Crippen LogP contribution in [0.2, 0.25) is 0 Å². The Balaban J connectivity index is 1.20. The highest BCUT2D eigenvalue weighted by Crippen LogP contribution is 2.43. The van der Waals surface area contributed by atoms with E-state index in [1.54, 1.807) is 17.0 Å². The van der Waals surface area contributed by atoms with Crippen LogP contribution in [0.15, 0.2) is 24.3 Å². The first-order valence-electron chi connectivity index (χ1n) is 15.4. The topological polar surface area (TPSA) is 91.3 Å². The molecule has 1 aromatic heterocycles. The van der Waals surface area contributed by atoms with E-state index in [9.17, 15) is 18.7 Å². The molecule has 1 N–H and O–H groups in total. The number of benzene rings is 2. The molecule has 6 heterocycles. The zero-order chi connectivity index (χ0) is 29.5. The number of rotatable bonds is 6. The van der Waals surface area contributed by atoms with Gasteiger partial charge in [-0.15, -0.1) is 0 Å². The minimum Gasteiger partial charge on any atom is -0.508 e. The number of ether oxygens (including phenoxy) is 2. The predicted octanol–water partition coefficient (Wildman–Crippen LogP) is 4.52. The molecule has 2 bridgehead atoms. The van der Waals surface area contributed by atoms with Gasteiger partial charge in [0.05, 0.1) is 35.7 Å². The number of phenolic OH excluding ortho intramolecular Hbond substituents is 1. The number of aromatic nitrogens is 2. The van der Waals surface area contributed by atoms with Crippen molar-refractivity contribution in [3.8, 4) is 11.8 Å². The van der Waals surface area contributed by atoms with Gasteiger partial charge in [0.2, 0.25) is 0 Å².